The molecule has 43 heavy (non-hydrogen) atoms. The molecule has 200 valence electrons. The van der Waals surface area contributed by atoms with Gasteiger partial charge in [-0.3, -0.25) is 0 Å². The normalized spacial score (nSPS) is 13.3. The van der Waals surface area contributed by atoms with Crippen LogP contribution in [-0.4, -0.2) is 4.57 Å². The highest BCUT2D eigenvalue weighted by Crippen LogP contribution is 2.54. The summed E-state index contributed by atoms with van der Waals surface area (Å²) in [5.41, 5.74) is 11.5. The van der Waals surface area contributed by atoms with Gasteiger partial charge in [-0.05, 0) is 64.7 Å². The molecule has 0 atom stereocenters. The van der Waals surface area contributed by atoms with E-state index in [0.717, 1.165) is 38.6 Å². The van der Waals surface area contributed by atoms with Gasteiger partial charge in [0.2, 0.25) is 0 Å². The van der Waals surface area contributed by atoms with Gasteiger partial charge in [0.1, 0.15) is 0 Å². The lowest BCUT2D eigenvalue weighted by molar-refractivity contribution is 0.661. The first-order valence-electron chi connectivity index (χ1n) is 14.5. The summed E-state index contributed by atoms with van der Waals surface area (Å²) in [5, 5.41) is 14.6. The number of nitrogens with zero attached hydrogens (tertiary/aromatic N) is 2. The summed E-state index contributed by atoms with van der Waals surface area (Å²) >= 11 is 1.89. The molecule has 3 heteroatoms. The number of aromatic nitrogens is 1. The maximum absolute atomic E-state index is 9.89. The Kier molecular flexibility index (Phi) is 4.85. The first kappa shape index (κ1) is 24.3. The summed E-state index contributed by atoms with van der Waals surface area (Å²) in [6.45, 7) is 4.68. The number of hydrogen-bond acceptors (Lipinski definition) is 2. The molecule has 0 unspecified atom stereocenters. The Morgan fingerprint density at radius 1 is 0.744 bits per heavy atom. The molecule has 0 amide bonds. The van der Waals surface area contributed by atoms with Gasteiger partial charge < -0.3 is 4.57 Å². The first-order chi connectivity index (χ1) is 21.0. The predicted molar refractivity (Wildman–Crippen MR) is 179 cm³/mol. The van der Waals surface area contributed by atoms with Crippen molar-refractivity contribution in [2.45, 2.75) is 19.3 Å². The van der Waals surface area contributed by atoms with E-state index in [-0.39, 0.29) is 5.41 Å². The Morgan fingerprint density at radius 2 is 1.60 bits per heavy atom. The summed E-state index contributed by atoms with van der Waals surface area (Å²) in [7, 11) is 0. The van der Waals surface area contributed by atoms with Gasteiger partial charge in [-0.25, -0.2) is 0 Å². The van der Waals surface area contributed by atoms with Crippen LogP contribution in [0, 0.1) is 23.5 Å². The topological polar surface area (TPSA) is 28.7 Å². The van der Waals surface area contributed by atoms with E-state index < -0.39 is 0 Å². The Balaban J connectivity index is 1.31. The summed E-state index contributed by atoms with van der Waals surface area (Å²) < 4.78 is 4.91. The minimum atomic E-state index is -0.0175. The zero-order valence-electron chi connectivity index (χ0n) is 23.7. The number of para-hydroxylation sites is 1. The van der Waals surface area contributed by atoms with E-state index in [1.165, 1.54) is 42.4 Å². The van der Waals surface area contributed by atoms with Gasteiger partial charge in [0.25, 0.3) is 0 Å². The maximum atomic E-state index is 9.89. The van der Waals surface area contributed by atoms with E-state index in [1.54, 1.807) is 0 Å². The van der Waals surface area contributed by atoms with Crippen LogP contribution in [0.15, 0.2) is 109 Å². The Hall–Kier alpha value is -5.35. The average Bonchev–Trinajstić information content (AvgIpc) is 3.66. The van der Waals surface area contributed by atoms with E-state index in [9.17, 15) is 5.26 Å². The predicted octanol–water partition coefficient (Wildman–Crippen LogP) is 10.6. The molecule has 2 nitrogen and oxygen atoms in total. The zero-order valence-corrected chi connectivity index (χ0v) is 24.5. The fourth-order valence-electron chi connectivity index (χ4n) is 7.26. The fourth-order valence-corrected chi connectivity index (χ4v) is 8.51. The number of hydrogen-bond donors (Lipinski definition) is 0. The molecule has 2 heterocycles. The van der Waals surface area contributed by atoms with Gasteiger partial charge >= 0.3 is 0 Å². The van der Waals surface area contributed by atoms with Crippen molar-refractivity contribution >= 4 is 53.3 Å². The molecule has 1 aliphatic rings. The Bertz CT molecular complexity index is 2450. The molecule has 6 aromatic carbocycles. The van der Waals surface area contributed by atoms with E-state index in [4.69, 9.17) is 0 Å². The van der Waals surface area contributed by atoms with E-state index in [2.05, 4.69) is 128 Å². The lowest BCUT2D eigenvalue weighted by Gasteiger charge is -2.21. The summed E-state index contributed by atoms with van der Waals surface area (Å²) in [5.74, 6) is 0. The van der Waals surface area contributed by atoms with Crippen molar-refractivity contribution in [1.29, 1.82) is 5.26 Å². The molecule has 8 aromatic rings. The summed E-state index contributed by atoms with van der Waals surface area (Å²) in [6.07, 6.45) is 0. The van der Waals surface area contributed by atoms with Crippen LogP contribution in [0.4, 0.5) is 0 Å². The van der Waals surface area contributed by atoms with Gasteiger partial charge in [-0.15, -0.1) is 11.3 Å². The number of fused-ring (bicyclic) bond motifs is 10. The van der Waals surface area contributed by atoms with Crippen molar-refractivity contribution in [1.82, 2.24) is 4.57 Å². The number of benzene rings is 5. The van der Waals surface area contributed by atoms with Crippen LogP contribution in [-0.2, 0) is 5.41 Å². The molecule has 0 saturated heterocycles. The van der Waals surface area contributed by atoms with Gasteiger partial charge in [0.15, 0.2) is 0 Å². The molecular formula is C40H24N2S. The highest BCUT2D eigenvalue weighted by atomic mass is 32.1. The second kappa shape index (κ2) is 8.59. The third kappa shape index (κ3) is 3.23. The van der Waals surface area contributed by atoms with Crippen LogP contribution < -0.4 is 0 Å². The largest absolute Gasteiger partial charge is 0.308 e. The van der Waals surface area contributed by atoms with Gasteiger partial charge in [0.05, 0.1) is 33.7 Å². The molecule has 9 rings (SSSR count). The van der Waals surface area contributed by atoms with Crippen molar-refractivity contribution in [3.8, 4) is 34.0 Å². The molecule has 0 bridgehead atoms. The minimum Gasteiger partial charge on any atom is -0.308 e. The first-order valence-corrected chi connectivity index (χ1v) is 15.3. The molecule has 0 spiro atoms. The average molecular weight is 565 g/mol. The van der Waals surface area contributed by atoms with E-state index >= 15 is 0 Å². The number of rotatable bonds is 2. The fraction of sp³-hybridized carbons (Fsp3) is 0.0750. The molecule has 1 aliphatic carbocycles. The zero-order chi connectivity index (χ0) is 28.9. The third-order valence-electron chi connectivity index (χ3n) is 9.29. The van der Waals surface area contributed by atoms with Crippen LogP contribution in [0.5, 0.6) is 0 Å². The van der Waals surface area contributed by atoms with E-state index in [1.807, 2.05) is 29.5 Å². The standard InChI is InChI=1S/C40H24N2S/c1-40(2)32-12-6-3-11-30(32)38-33(40)19-18-29-31-22-25(16-20-37(31)43-39(29)38)26-17-15-24(23-41)21-36(26)42-34-13-7-4-9-27(34)28-10-5-8-14-35(28)42/h3-4,6-9,11-22H,1-2H3. The monoisotopic (exact) mass is 564 g/mol. The summed E-state index contributed by atoms with van der Waals surface area (Å²) in [6, 6.07) is 47.6. The van der Waals surface area contributed by atoms with Crippen LogP contribution in [0.25, 0.3) is 69.9 Å². The number of nitriles is 1. The lowest BCUT2D eigenvalue weighted by atomic mass is 9.82. The molecule has 0 aliphatic heterocycles. The van der Waals surface area contributed by atoms with Gasteiger partial charge in [0, 0.05) is 42.1 Å². The molecule has 0 radical (unpaired) electrons. The second-order valence-electron chi connectivity index (χ2n) is 11.9. The van der Waals surface area contributed by atoms with Gasteiger partial charge in [-0.2, -0.15) is 5.26 Å². The quantitative estimate of drug-likeness (QED) is 0.205. The molecular weight excluding hydrogens is 541 g/mol. The van der Waals surface area contributed by atoms with Crippen LogP contribution in [0.2, 0.25) is 0 Å². The molecule has 0 N–H and O–H groups in total. The molecule has 0 fully saturated rings. The third-order valence-corrected chi connectivity index (χ3v) is 10.5. The van der Waals surface area contributed by atoms with Crippen LogP contribution in [0.1, 0.15) is 30.5 Å². The summed E-state index contributed by atoms with van der Waals surface area (Å²) in [4.78, 5) is 0. The van der Waals surface area contributed by atoms with Crippen molar-refractivity contribution in [3.05, 3.63) is 138 Å². The lowest BCUT2D eigenvalue weighted by Crippen LogP contribution is -2.14. The SMILES string of the molecule is CC1(C)c2ccccc2-c2c1ccc1c2sc2ccc(-c3ccc(C#N)cc3-n3c4ccc#cc4c4ccccc43)cc21. The van der Waals surface area contributed by atoms with Crippen molar-refractivity contribution in [2.24, 2.45) is 0 Å². The minimum absolute atomic E-state index is 0.0175. The highest BCUT2D eigenvalue weighted by Gasteiger charge is 2.36. The van der Waals surface area contributed by atoms with Crippen molar-refractivity contribution in [2.75, 3.05) is 0 Å². The molecule has 0 saturated carbocycles. The Labute approximate surface area is 253 Å². The Morgan fingerprint density at radius 3 is 2.51 bits per heavy atom. The van der Waals surface area contributed by atoms with Crippen LogP contribution >= 0.6 is 11.3 Å². The highest BCUT2D eigenvalue weighted by molar-refractivity contribution is 7.26. The second-order valence-corrected chi connectivity index (χ2v) is 13.0. The number of thiophene rings is 1. The van der Waals surface area contributed by atoms with Gasteiger partial charge in [-0.1, -0.05) is 92.7 Å². The van der Waals surface area contributed by atoms with Crippen molar-refractivity contribution in [3.63, 3.8) is 0 Å². The smallest absolute Gasteiger partial charge is 0.0992 e. The maximum Gasteiger partial charge on any atom is 0.0992 e. The van der Waals surface area contributed by atoms with E-state index in [0.29, 0.717) is 5.56 Å². The van der Waals surface area contributed by atoms with Crippen molar-refractivity contribution < 1.29 is 0 Å². The van der Waals surface area contributed by atoms with Crippen LogP contribution in [0.3, 0.4) is 0 Å². The molecule has 2 aromatic heterocycles.